The standard InChI is InChI=1S/C22H18FN3O7/c23-17-20(25-12-11-24-21(25)26(31)32)33-19(16(28)15(27)13-7-3-1-4-8-13)22(17,30)18(29)14-9-5-2-6-10-14/h1-12,16-17,19-20,28,30H/t16?,17-,19+,20+,22+/m0/s1. The van der Waals surface area contributed by atoms with Gasteiger partial charge in [-0.25, -0.2) is 4.39 Å². The summed E-state index contributed by atoms with van der Waals surface area (Å²) in [6.07, 6.45) is -6.66. The van der Waals surface area contributed by atoms with Gasteiger partial charge in [0.1, 0.15) is 24.6 Å². The molecule has 0 spiro atoms. The Bertz CT molecular complexity index is 1190. The van der Waals surface area contributed by atoms with Gasteiger partial charge < -0.3 is 25.1 Å². The van der Waals surface area contributed by atoms with E-state index in [4.69, 9.17) is 4.74 Å². The van der Waals surface area contributed by atoms with Crippen molar-refractivity contribution in [3.63, 3.8) is 0 Å². The van der Waals surface area contributed by atoms with Gasteiger partial charge in [0.15, 0.2) is 23.3 Å². The van der Waals surface area contributed by atoms with Crippen LogP contribution in [0.2, 0.25) is 0 Å². The van der Waals surface area contributed by atoms with Crippen molar-refractivity contribution in [2.75, 3.05) is 0 Å². The first kappa shape index (κ1) is 22.4. The van der Waals surface area contributed by atoms with Crippen LogP contribution in [0.3, 0.4) is 0 Å². The number of alkyl halides is 1. The van der Waals surface area contributed by atoms with Crippen molar-refractivity contribution in [1.82, 2.24) is 9.55 Å². The number of benzene rings is 2. The van der Waals surface area contributed by atoms with Crippen molar-refractivity contribution >= 4 is 17.5 Å². The Morgan fingerprint density at radius 1 is 1.12 bits per heavy atom. The third-order valence-electron chi connectivity index (χ3n) is 5.49. The van der Waals surface area contributed by atoms with E-state index in [2.05, 4.69) is 4.98 Å². The lowest BCUT2D eigenvalue weighted by molar-refractivity contribution is -0.398. The number of carbonyl (C=O) groups is 2. The first-order valence-corrected chi connectivity index (χ1v) is 9.83. The normalized spacial score (nSPS) is 25.5. The molecule has 10 nitrogen and oxygen atoms in total. The molecule has 1 unspecified atom stereocenters. The number of aromatic nitrogens is 2. The van der Waals surface area contributed by atoms with Crippen molar-refractivity contribution in [1.29, 1.82) is 0 Å². The number of halogens is 1. The minimum Gasteiger partial charge on any atom is -0.390 e. The van der Waals surface area contributed by atoms with Gasteiger partial charge in [0.2, 0.25) is 6.23 Å². The molecule has 5 atom stereocenters. The van der Waals surface area contributed by atoms with Gasteiger partial charge in [0.25, 0.3) is 0 Å². The summed E-state index contributed by atoms with van der Waals surface area (Å²) in [5.41, 5.74) is -3.10. The maximum Gasteiger partial charge on any atom is 0.436 e. The van der Waals surface area contributed by atoms with Crippen LogP contribution >= 0.6 is 0 Å². The van der Waals surface area contributed by atoms with E-state index in [0.717, 1.165) is 12.4 Å². The molecule has 1 aliphatic rings. The smallest absolute Gasteiger partial charge is 0.390 e. The molecule has 2 heterocycles. The Balaban J connectivity index is 1.79. The van der Waals surface area contributed by atoms with Gasteiger partial charge in [-0.3, -0.25) is 9.59 Å². The van der Waals surface area contributed by atoms with E-state index in [0.29, 0.717) is 4.57 Å². The molecule has 0 aliphatic carbocycles. The number of nitrogens with zero attached hydrogens (tertiary/aromatic N) is 3. The summed E-state index contributed by atoms with van der Waals surface area (Å²) < 4.78 is 21.9. The van der Waals surface area contributed by atoms with Crippen LogP contribution in [0.1, 0.15) is 26.9 Å². The number of hydrogen-bond acceptors (Lipinski definition) is 8. The third-order valence-corrected chi connectivity index (χ3v) is 5.49. The number of imidazole rings is 1. The summed E-state index contributed by atoms with van der Waals surface area (Å²) in [6.45, 7) is 0. The van der Waals surface area contributed by atoms with Crippen molar-refractivity contribution in [2.45, 2.75) is 30.2 Å². The number of Topliss-reactive ketones (excluding diaryl/α,β-unsaturated/α-hetero) is 2. The number of aliphatic hydroxyl groups is 2. The monoisotopic (exact) mass is 455 g/mol. The Labute approximate surface area is 186 Å². The summed E-state index contributed by atoms with van der Waals surface area (Å²) in [7, 11) is 0. The zero-order valence-corrected chi connectivity index (χ0v) is 16.9. The Morgan fingerprint density at radius 2 is 1.70 bits per heavy atom. The number of hydrogen-bond donors (Lipinski definition) is 2. The fourth-order valence-corrected chi connectivity index (χ4v) is 3.85. The first-order valence-electron chi connectivity index (χ1n) is 9.83. The van der Waals surface area contributed by atoms with Crippen LogP contribution in [-0.2, 0) is 4.74 Å². The molecule has 0 saturated carbocycles. The van der Waals surface area contributed by atoms with Crippen LogP contribution in [0.25, 0.3) is 0 Å². The van der Waals surface area contributed by atoms with Gasteiger partial charge in [-0.2, -0.15) is 4.57 Å². The Kier molecular flexibility index (Phi) is 5.85. The predicted molar refractivity (Wildman–Crippen MR) is 110 cm³/mol. The van der Waals surface area contributed by atoms with Crippen LogP contribution in [-0.4, -0.2) is 60.2 Å². The minimum atomic E-state index is -3.03. The van der Waals surface area contributed by atoms with Crippen molar-refractivity contribution in [3.8, 4) is 0 Å². The summed E-state index contributed by atoms with van der Waals surface area (Å²) in [5, 5.41) is 33.4. The molecule has 1 saturated heterocycles. The topological polar surface area (TPSA) is 145 Å². The highest BCUT2D eigenvalue weighted by Crippen LogP contribution is 2.44. The Hall–Kier alpha value is -3.80. The fraction of sp³-hybridized carbons (Fsp3) is 0.227. The van der Waals surface area contributed by atoms with Crippen LogP contribution in [0.15, 0.2) is 73.1 Å². The average Bonchev–Trinajstić information content (AvgIpc) is 3.43. The molecule has 0 amide bonds. The number of carbonyl (C=O) groups excluding carboxylic acids is 2. The Morgan fingerprint density at radius 3 is 2.27 bits per heavy atom. The minimum absolute atomic E-state index is 0.0376. The van der Waals surface area contributed by atoms with E-state index in [1.807, 2.05) is 0 Å². The van der Waals surface area contributed by atoms with Gasteiger partial charge in [-0.15, -0.1) is 0 Å². The second kappa shape index (κ2) is 8.62. The zero-order chi connectivity index (χ0) is 23.8. The molecule has 1 fully saturated rings. The number of aliphatic hydroxyl groups excluding tert-OH is 1. The molecule has 4 rings (SSSR count). The van der Waals surface area contributed by atoms with Crippen molar-refractivity contribution < 1.29 is 33.9 Å². The molecule has 3 aromatic rings. The molecule has 0 bridgehead atoms. The summed E-state index contributed by atoms with van der Waals surface area (Å²) in [6, 6.07) is 14.7. The van der Waals surface area contributed by atoms with E-state index in [1.54, 1.807) is 12.1 Å². The van der Waals surface area contributed by atoms with E-state index in [1.165, 1.54) is 48.5 Å². The van der Waals surface area contributed by atoms with Gasteiger partial charge in [-0.05, 0) is 4.92 Å². The lowest BCUT2D eigenvalue weighted by Crippen LogP contribution is -2.58. The van der Waals surface area contributed by atoms with E-state index in [9.17, 15) is 29.9 Å². The lowest BCUT2D eigenvalue weighted by Gasteiger charge is -2.30. The summed E-state index contributed by atoms with van der Waals surface area (Å²) >= 11 is 0. The summed E-state index contributed by atoms with van der Waals surface area (Å²) in [4.78, 5) is 40.0. The average molecular weight is 455 g/mol. The van der Waals surface area contributed by atoms with Crippen LogP contribution < -0.4 is 0 Å². The van der Waals surface area contributed by atoms with Crippen molar-refractivity contribution in [3.05, 3.63) is 94.3 Å². The maximum atomic E-state index is 15.8. The van der Waals surface area contributed by atoms with E-state index >= 15 is 4.39 Å². The van der Waals surface area contributed by atoms with Gasteiger partial charge in [0, 0.05) is 11.1 Å². The number of ketones is 2. The molecular formula is C22H18FN3O7. The molecular weight excluding hydrogens is 437 g/mol. The summed E-state index contributed by atoms with van der Waals surface area (Å²) in [5.74, 6) is -2.87. The van der Waals surface area contributed by atoms with Gasteiger partial charge >= 0.3 is 5.95 Å². The highest BCUT2D eigenvalue weighted by atomic mass is 19.1. The number of ether oxygens (including phenoxy) is 1. The molecule has 1 aliphatic heterocycles. The molecule has 170 valence electrons. The van der Waals surface area contributed by atoms with E-state index < -0.39 is 52.6 Å². The van der Waals surface area contributed by atoms with Crippen LogP contribution in [0, 0.1) is 10.1 Å². The number of nitro groups is 1. The molecule has 0 radical (unpaired) electrons. The largest absolute Gasteiger partial charge is 0.436 e. The number of rotatable bonds is 7. The molecule has 11 heteroatoms. The molecule has 2 aromatic carbocycles. The lowest BCUT2D eigenvalue weighted by atomic mass is 9.81. The predicted octanol–water partition coefficient (Wildman–Crippen LogP) is 1.88. The van der Waals surface area contributed by atoms with Crippen molar-refractivity contribution in [2.24, 2.45) is 0 Å². The SMILES string of the molecule is O=C(c1ccccc1)C(O)[C@H]1O[C@@H](n2ccnc2[N+](=O)[O-])[C@H](F)[C@@]1(O)C(=O)c1ccccc1. The second-order valence-corrected chi connectivity index (χ2v) is 7.44. The maximum absolute atomic E-state index is 15.8. The molecule has 1 aromatic heterocycles. The van der Waals surface area contributed by atoms with Crippen LogP contribution in [0.5, 0.6) is 0 Å². The first-order chi connectivity index (χ1) is 15.8. The third kappa shape index (κ3) is 3.71. The van der Waals surface area contributed by atoms with E-state index in [-0.39, 0.29) is 11.1 Å². The highest BCUT2D eigenvalue weighted by Gasteiger charge is 2.66. The van der Waals surface area contributed by atoms with Gasteiger partial charge in [0.05, 0.1) is 0 Å². The van der Waals surface area contributed by atoms with Crippen LogP contribution in [0.4, 0.5) is 10.3 Å². The molecule has 2 N–H and O–H groups in total. The quantitative estimate of drug-likeness (QED) is 0.312. The van der Waals surface area contributed by atoms with Gasteiger partial charge in [-0.1, -0.05) is 65.6 Å². The fourth-order valence-electron chi connectivity index (χ4n) is 3.85. The second-order valence-electron chi connectivity index (χ2n) is 7.44. The highest BCUT2D eigenvalue weighted by molar-refractivity contribution is 6.05. The molecule has 33 heavy (non-hydrogen) atoms. The zero-order valence-electron chi connectivity index (χ0n) is 16.9.